The van der Waals surface area contributed by atoms with Gasteiger partial charge >= 0.3 is 11.7 Å². The fraction of sp³-hybridized carbons (Fsp3) is 0.500. The van der Waals surface area contributed by atoms with Crippen LogP contribution >= 0.6 is 0 Å². The quantitative estimate of drug-likeness (QED) is 0.676. The van der Waals surface area contributed by atoms with Crippen molar-refractivity contribution in [2.24, 2.45) is 7.05 Å². The molecule has 0 aliphatic carbocycles. The summed E-state index contributed by atoms with van der Waals surface area (Å²) in [6, 6.07) is 4.98. The van der Waals surface area contributed by atoms with Gasteiger partial charge in [-0.3, -0.25) is 24.0 Å². The fourth-order valence-corrected chi connectivity index (χ4v) is 4.25. The Labute approximate surface area is 172 Å². The maximum atomic E-state index is 12.9. The molecule has 10 heteroatoms. The van der Waals surface area contributed by atoms with Gasteiger partial charge in [0.1, 0.15) is 12.6 Å². The molecular weight excluding hydrogens is 392 g/mol. The van der Waals surface area contributed by atoms with Crippen LogP contribution in [0.5, 0.6) is 0 Å². The van der Waals surface area contributed by atoms with Crippen molar-refractivity contribution in [3.63, 3.8) is 0 Å². The highest BCUT2D eigenvalue weighted by atomic mass is 16.5. The Kier molecular flexibility index (Phi) is 5.33. The monoisotopic (exact) mass is 416 g/mol. The van der Waals surface area contributed by atoms with Gasteiger partial charge in [-0.2, -0.15) is 0 Å². The highest BCUT2D eigenvalue weighted by Gasteiger charge is 2.31. The number of piperidine rings is 2. The third-order valence-corrected chi connectivity index (χ3v) is 5.84. The van der Waals surface area contributed by atoms with E-state index in [0.717, 1.165) is 31.6 Å². The lowest BCUT2D eigenvalue weighted by molar-refractivity contribution is -0.144. The van der Waals surface area contributed by atoms with E-state index in [1.807, 2.05) is 18.2 Å². The highest BCUT2D eigenvalue weighted by molar-refractivity contribution is 6.00. The Morgan fingerprint density at radius 2 is 1.90 bits per heavy atom. The molecule has 0 spiro atoms. The molecule has 2 fully saturated rings. The van der Waals surface area contributed by atoms with E-state index < -0.39 is 17.9 Å². The zero-order valence-electron chi connectivity index (χ0n) is 16.7. The summed E-state index contributed by atoms with van der Waals surface area (Å²) in [5, 5.41) is 11.1. The lowest BCUT2D eigenvalue weighted by Gasteiger charge is -2.33. The minimum Gasteiger partial charge on any atom is -0.480 e. The number of aliphatic carboxylic acids is 1. The van der Waals surface area contributed by atoms with Gasteiger partial charge in [0.05, 0.1) is 17.1 Å². The van der Waals surface area contributed by atoms with E-state index in [1.165, 1.54) is 9.13 Å². The van der Waals surface area contributed by atoms with Crippen molar-refractivity contribution < 1.29 is 24.2 Å². The molecule has 2 N–H and O–H groups in total. The van der Waals surface area contributed by atoms with Crippen LogP contribution in [-0.4, -0.2) is 57.8 Å². The number of anilines is 1. The van der Waals surface area contributed by atoms with Gasteiger partial charge in [0, 0.05) is 32.2 Å². The first-order chi connectivity index (χ1) is 14.3. The predicted octanol–water partition coefficient (Wildman–Crippen LogP) is 0.388. The molecule has 3 heterocycles. The molecule has 2 saturated heterocycles. The predicted molar refractivity (Wildman–Crippen MR) is 107 cm³/mol. The molecule has 4 rings (SSSR count). The Balaban J connectivity index is 1.57. The Hall–Kier alpha value is -3.14. The third kappa shape index (κ3) is 3.70. The van der Waals surface area contributed by atoms with E-state index in [1.54, 1.807) is 7.05 Å². The number of carboxylic acid groups (broad SMARTS) is 1. The molecule has 1 aromatic heterocycles. The highest BCUT2D eigenvalue weighted by Crippen LogP contribution is 2.28. The molecular formula is C20H24N4O6. The number of hydrogen-bond acceptors (Lipinski definition) is 6. The molecule has 2 amide bonds. The van der Waals surface area contributed by atoms with E-state index in [2.05, 4.69) is 10.2 Å². The summed E-state index contributed by atoms with van der Waals surface area (Å²) in [4.78, 5) is 49.4. The summed E-state index contributed by atoms with van der Waals surface area (Å²) in [6.45, 7) is 1.15. The van der Waals surface area contributed by atoms with E-state index >= 15 is 0 Å². The zero-order valence-corrected chi connectivity index (χ0v) is 16.7. The SMILES string of the molecule is Cn1c(=O)n(C2CCC(=O)NC2=O)c2ccc(N3CCC(OCC(=O)O)CC3)cc21. The summed E-state index contributed by atoms with van der Waals surface area (Å²) in [7, 11) is 1.67. The van der Waals surface area contributed by atoms with Gasteiger partial charge in [0.2, 0.25) is 11.8 Å². The van der Waals surface area contributed by atoms with Gasteiger partial charge in [-0.15, -0.1) is 0 Å². The number of fused-ring (bicyclic) bond motifs is 1. The third-order valence-electron chi connectivity index (χ3n) is 5.84. The van der Waals surface area contributed by atoms with Crippen LogP contribution in [0.1, 0.15) is 31.7 Å². The number of amides is 2. The van der Waals surface area contributed by atoms with Crippen LogP contribution in [0.3, 0.4) is 0 Å². The first-order valence-electron chi connectivity index (χ1n) is 9.98. The molecule has 160 valence electrons. The van der Waals surface area contributed by atoms with Crippen molar-refractivity contribution in [1.29, 1.82) is 0 Å². The van der Waals surface area contributed by atoms with Crippen molar-refractivity contribution in [3.05, 3.63) is 28.7 Å². The van der Waals surface area contributed by atoms with Crippen molar-refractivity contribution in [1.82, 2.24) is 14.5 Å². The summed E-state index contributed by atoms with van der Waals surface area (Å²) in [6.07, 6.45) is 1.88. The molecule has 1 unspecified atom stereocenters. The zero-order chi connectivity index (χ0) is 21.4. The van der Waals surface area contributed by atoms with E-state index in [9.17, 15) is 19.2 Å². The van der Waals surface area contributed by atoms with Crippen LogP contribution in [0, 0.1) is 0 Å². The topological polar surface area (TPSA) is 123 Å². The van der Waals surface area contributed by atoms with Crippen LogP contribution in [-0.2, 0) is 26.2 Å². The number of carbonyl (C=O) groups is 3. The van der Waals surface area contributed by atoms with Gasteiger partial charge in [0.15, 0.2) is 0 Å². The maximum Gasteiger partial charge on any atom is 0.329 e. The number of rotatable bonds is 5. The molecule has 30 heavy (non-hydrogen) atoms. The van der Waals surface area contributed by atoms with Gasteiger partial charge in [-0.05, 0) is 37.5 Å². The largest absolute Gasteiger partial charge is 0.480 e. The second-order valence-electron chi connectivity index (χ2n) is 7.74. The first kappa shape index (κ1) is 20.1. The van der Waals surface area contributed by atoms with Crippen molar-refractivity contribution in [2.45, 2.75) is 37.8 Å². The summed E-state index contributed by atoms with van der Waals surface area (Å²) in [5.74, 6) is -1.74. The van der Waals surface area contributed by atoms with Gasteiger partial charge < -0.3 is 14.7 Å². The molecule has 0 bridgehead atoms. The molecule has 2 aliphatic heterocycles. The number of hydrogen-bond donors (Lipinski definition) is 2. The summed E-state index contributed by atoms with van der Waals surface area (Å²) >= 11 is 0. The molecule has 2 aromatic rings. The standard InChI is InChI=1S/C20H24N4O6/c1-22-16-10-12(23-8-6-13(7-9-23)30-11-18(26)27)2-3-14(16)24(20(22)29)15-4-5-17(25)21-19(15)28/h2-3,10,13,15H,4-9,11H2,1H3,(H,26,27)(H,21,25,28). The van der Waals surface area contributed by atoms with E-state index in [-0.39, 0.29) is 30.7 Å². The van der Waals surface area contributed by atoms with E-state index in [4.69, 9.17) is 9.84 Å². The maximum absolute atomic E-state index is 12.9. The number of carboxylic acids is 1. The minimum atomic E-state index is -0.968. The van der Waals surface area contributed by atoms with Crippen LogP contribution in [0.4, 0.5) is 5.69 Å². The Bertz CT molecular complexity index is 1060. The second kappa shape index (κ2) is 7.94. The van der Waals surface area contributed by atoms with Gasteiger partial charge in [-0.25, -0.2) is 9.59 Å². The first-order valence-corrected chi connectivity index (χ1v) is 9.98. The molecule has 10 nitrogen and oxygen atoms in total. The molecule has 0 saturated carbocycles. The average molecular weight is 416 g/mol. The Morgan fingerprint density at radius 3 is 2.57 bits per heavy atom. The summed E-state index contributed by atoms with van der Waals surface area (Å²) in [5.41, 5.74) is 2.03. The van der Waals surface area contributed by atoms with Gasteiger partial charge in [0.25, 0.3) is 0 Å². The minimum absolute atomic E-state index is 0.0703. The lowest BCUT2D eigenvalue weighted by Crippen LogP contribution is -2.44. The average Bonchev–Trinajstić information content (AvgIpc) is 2.97. The number of carbonyl (C=O) groups excluding carboxylic acids is 2. The normalized spacial score (nSPS) is 20.6. The van der Waals surface area contributed by atoms with Crippen molar-refractivity contribution >= 4 is 34.5 Å². The van der Waals surface area contributed by atoms with Crippen molar-refractivity contribution in [2.75, 3.05) is 24.6 Å². The van der Waals surface area contributed by atoms with E-state index in [0.29, 0.717) is 17.5 Å². The molecule has 0 radical (unpaired) electrons. The lowest BCUT2D eigenvalue weighted by atomic mass is 10.1. The second-order valence-corrected chi connectivity index (χ2v) is 7.74. The molecule has 2 aliphatic rings. The Morgan fingerprint density at radius 1 is 1.17 bits per heavy atom. The number of imide groups is 1. The fourth-order valence-electron chi connectivity index (χ4n) is 4.25. The number of aromatic nitrogens is 2. The number of nitrogens with zero attached hydrogens (tertiary/aromatic N) is 3. The van der Waals surface area contributed by atoms with Crippen LogP contribution in [0.15, 0.2) is 23.0 Å². The number of nitrogens with one attached hydrogen (secondary N) is 1. The number of ether oxygens (including phenoxy) is 1. The summed E-state index contributed by atoms with van der Waals surface area (Å²) < 4.78 is 8.37. The van der Waals surface area contributed by atoms with Gasteiger partial charge in [-0.1, -0.05) is 0 Å². The molecule has 1 aromatic carbocycles. The van der Waals surface area contributed by atoms with Crippen LogP contribution in [0.25, 0.3) is 11.0 Å². The number of imidazole rings is 1. The molecule has 1 atom stereocenters. The smallest absolute Gasteiger partial charge is 0.329 e. The van der Waals surface area contributed by atoms with Crippen LogP contribution in [0.2, 0.25) is 0 Å². The van der Waals surface area contributed by atoms with Crippen molar-refractivity contribution in [3.8, 4) is 0 Å². The number of aryl methyl sites for hydroxylation is 1. The number of benzene rings is 1. The van der Waals surface area contributed by atoms with Crippen LogP contribution < -0.4 is 15.9 Å².